The Hall–Kier alpha value is -1.75. The smallest absolute Gasteiger partial charge is 1.00 e. The van der Waals surface area contributed by atoms with Crippen LogP contribution in [-0.4, -0.2) is 135 Å². The van der Waals surface area contributed by atoms with Gasteiger partial charge in [0.15, 0.2) is 0 Å². The third-order valence-electron chi connectivity index (χ3n) is 5.18. The summed E-state index contributed by atoms with van der Waals surface area (Å²) in [4.78, 5) is 60.4. The summed E-state index contributed by atoms with van der Waals surface area (Å²) < 4.78 is 5.41. The zero-order valence-electron chi connectivity index (χ0n) is 24.5. The Kier molecular flexibility index (Phi) is 21.3. The van der Waals surface area contributed by atoms with E-state index in [2.05, 4.69) is 0 Å². The van der Waals surface area contributed by atoms with Crippen LogP contribution in [-0.2, 0) is 30.4 Å². The molecule has 39 heavy (non-hydrogen) atoms. The van der Waals surface area contributed by atoms with Crippen LogP contribution in [0.25, 0.3) is 0 Å². The van der Waals surface area contributed by atoms with Gasteiger partial charge < -0.3 is 33.1 Å². The average Bonchev–Trinajstić information content (AvgIpc) is 2.76. The quantitative estimate of drug-likeness (QED) is 0.0918. The first-order valence-electron chi connectivity index (χ1n) is 11.4. The van der Waals surface area contributed by atoms with Crippen LogP contribution in [0.4, 0.5) is 0 Å². The van der Waals surface area contributed by atoms with Crippen LogP contribution in [0.3, 0.4) is 0 Å². The van der Waals surface area contributed by atoms with E-state index in [1.54, 1.807) is 24.3 Å². The molecule has 16 heteroatoms. The number of hydrogen-bond acceptors (Lipinski definition) is 9. The van der Waals surface area contributed by atoms with Crippen LogP contribution in [0.1, 0.15) is 15.3 Å². The Balaban J connectivity index is -0.00000171. The van der Waals surface area contributed by atoms with Gasteiger partial charge in [-0.2, -0.15) is 0 Å². The van der Waals surface area contributed by atoms with E-state index in [9.17, 15) is 39.3 Å². The molecule has 0 aliphatic heterocycles. The molecule has 0 aliphatic carbocycles. The van der Waals surface area contributed by atoms with E-state index in [-0.39, 0.29) is 88.0 Å². The number of rotatable bonds is 20. The summed E-state index contributed by atoms with van der Waals surface area (Å²) in [5.74, 6) is -5.65. The van der Waals surface area contributed by atoms with Gasteiger partial charge in [-0.15, -0.1) is 0 Å². The Labute approximate surface area is 273 Å². The van der Waals surface area contributed by atoms with E-state index in [4.69, 9.17) is 14.9 Å². The van der Waals surface area contributed by atoms with Crippen LogP contribution in [0, 0.1) is 0 Å². The molecule has 0 aliphatic rings. The zero-order chi connectivity index (χ0) is 28.0. The van der Waals surface area contributed by atoms with Crippen molar-refractivity contribution in [2.45, 2.75) is 19.4 Å². The standard InChI is InChI=1S/C23H33N3O11.2Na.2H/c1-2-37-18-5-3-16(4-6-18)9-17(26(14-22(33)34)15-23(35)36)10-24(11-19(27)28)7-8-25(12-20(29)30)13-21(31)32;;;;/h3-6,17H,2,7-15H2,1H3,(H,27,28)(H,29,30)(H,31,32)(H,33,34)(H,35,36);;;;/q;2*+1;2*-1/t17-;;;;/m0..../s1. The van der Waals surface area contributed by atoms with Gasteiger partial charge in [0.25, 0.3) is 0 Å². The number of aliphatic carboxylic acids is 5. The molecule has 0 heterocycles. The molecular weight excluding hydrogens is 540 g/mol. The Morgan fingerprint density at radius 1 is 0.718 bits per heavy atom. The summed E-state index contributed by atoms with van der Waals surface area (Å²) in [6.07, 6.45) is 0.178. The van der Waals surface area contributed by atoms with E-state index >= 15 is 0 Å². The van der Waals surface area contributed by atoms with Crippen molar-refractivity contribution < 1.29 is 116 Å². The van der Waals surface area contributed by atoms with E-state index in [1.165, 1.54) is 9.80 Å². The van der Waals surface area contributed by atoms with Gasteiger partial charge in [0.2, 0.25) is 0 Å². The molecule has 0 fully saturated rings. The molecule has 210 valence electrons. The van der Waals surface area contributed by atoms with Gasteiger partial charge in [0, 0.05) is 25.7 Å². The predicted octanol–water partition coefficient (Wildman–Crippen LogP) is -6.44. The first-order valence-corrected chi connectivity index (χ1v) is 11.4. The van der Waals surface area contributed by atoms with Gasteiger partial charge in [-0.3, -0.25) is 38.7 Å². The average molecular weight is 576 g/mol. The molecule has 0 bridgehead atoms. The monoisotopic (exact) mass is 575 g/mol. The third-order valence-corrected chi connectivity index (χ3v) is 5.18. The summed E-state index contributed by atoms with van der Waals surface area (Å²) >= 11 is 0. The second-order valence-electron chi connectivity index (χ2n) is 8.25. The van der Waals surface area contributed by atoms with E-state index < -0.39 is 68.6 Å². The molecule has 1 aromatic carbocycles. The second kappa shape index (κ2) is 21.1. The summed E-state index contributed by atoms with van der Waals surface area (Å²) in [6.45, 7) is -0.837. The molecule has 0 saturated heterocycles. The molecule has 1 atom stereocenters. The van der Waals surface area contributed by atoms with Crippen molar-refractivity contribution in [1.82, 2.24) is 14.7 Å². The predicted molar refractivity (Wildman–Crippen MR) is 130 cm³/mol. The van der Waals surface area contributed by atoms with E-state index in [0.29, 0.717) is 12.4 Å². The molecule has 0 aromatic heterocycles. The topological polar surface area (TPSA) is 205 Å². The fourth-order valence-corrected chi connectivity index (χ4v) is 3.73. The number of carboxylic acid groups (broad SMARTS) is 5. The van der Waals surface area contributed by atoms with Crippen molar-refractivity contribution in [1.29, 1.82) is 0 Å². The van der Waals surface area contributed by atoms with Gasteiger partial charge in [-0.25, -0.2) is 0 Å². The van der Waals surface area contributed by atoms with E-state index in [1.807, 2.05) is 6.92 Å². The molecule has 0 saturated carbocycles. The molecule has 0 amide bonds. The van der Waals surface area contributed by atoms with E-state index in [0.717, 1.165) is 10.5 Å². The van der Waals surface area contributed by atoms with Crippen LogP contribution in [0.15, 0.2) is 24.3 Å². The Morgan fingerprint density at radius 2 is 1.13 bits per heavy atom. The van der Waals surface area contributed by atoms with Crippen molar-refractivity contribution in [3.05, 3.63) is 29.8 Å². The molecular formula is C23H35N3Na2O11. The van der Waals surface area contributed by atoms with Crippen LogP contribution in [0.2, 0.25) is 0 Å². The number of carbonyl (C=O) groups is 5. The summed E-state index contributed by atoms with van der Waals surface area (Å²) in [7, 11) is 0. The van der Waals surface area contributed by atoms with Crippen molar-refractivity contribution >= 4 is 29.8 Å². The molecule has 0 spiro atoms. The number of nitrogens with zero attached hydrogens (tertiary/aromatic N) is 3. The van der Waals surface area contributed by atoms with Crippen molar-refractivity contribution in [2.75, 3.05) is 59.0 Å². The zero-order valence-corrected chi connectivity index (χ0v) is 26.5. The van der Waals surface area contributed by atoms with Crippen LogP contribution in [0.5, 0.6) is 5.75 Å². The summed E-state index contributed by atoms with van der Waals surface area (Å²) in [5, 5.41) is 46.2. The number of carboxylic acids is 5. The Bertz CT molecular complexity index is 914. The van der Waals surface area contributed by atoms with Gasteiger partial charge in [-0.1, -0.05) is 12.1 Å². The van der Waals surface area contributed by atoms with Crippen molar-refractivity contribution in [2.24, 2.45) is 0 Å². The maximum atomic E-state index is 11.5. The fourth-order valence-electron chi connectivity index (χ4n) is 3.73. The maximum Gasteiger partial charge on any atom is 1.00 e. The maximum absolute atomic E-state index is 11.5. The Morgan fingerprint density at radius 3 is 1.54 bits per heavy atom. The summed E-state index contributed by atoms with van der Waals surface area (Å²) in [5.41, 5.74) is 0.725. The minimum atomic E-state index is -1.27. The van der Waals surface area contributed by atoms with Gasteiger partial charge in [0.1, 0.15) is 5.75 Å². The number of benzene rings is 1. The first kappa shape index (κ1) is 39.4. The van der Waals surface area contributed by atoms with Gasteiger partial charge in [-0.05, 0) is 31.0 Å². The fraction of sp³-hybridized carbons (Fsp3) is 0.522. The molecule has 0 unspecified atom stereocenters. The summed E-state index contributed by atoms with van der Waals surface area (Å²) in [6, 6.07) is 6.14. The molecule has 1 rings (SSSR count). The normalized spacial score (nSPS) is 11.4. The SMILES string of the molecule is CCOc1ccc(C[C@@H](CN(CCN(CC(=O)O)CC(=O)O)CC(=O)O)N(CC(=O)O)CC(=O)O)cc1.[H-].[H-].[Na+].[Na+]. The second-order valence-corrected chi connectivity index (χ2v) is 8.25. The minimum Gasteiger partial charge on any atom is -1.00 e. The van der Waals surface area contributed by atoms with Gasteiger partial charge in [0.05, 0.1) is 39.3 Å². The minimum absolute atomic E-state index is 0. The molecule has 0 radical (unpaired) electrons. The molecule has 1 aromatic rings. The molecule has 5 N–H and O–H groups in total. The largest absolute Gasteiger partial charge is 1.00 e. The van der Waals surface area contributed by atoms with Gasteiger partial charge >= 0.3 is 89.0 Å². The number of ether oxygens (including phenoxy) is 1. The first-order chi connectivity index (χ1) is 17.4. The van der Waals surface area contributed by atoms with Crippen molar-refractivity contribution in [3.63, 3.8) is 0 Å². The van der Waals surface area contributed by atoms with Crippen LogP contribution >= 0.6 is 0 Å². The number of hydrogen-bond donors (Lipinski definition) is 5. The molecule has 14 nitrogen and oxygen atoms in total. The third kappa shape index (κ3) is 18.3. The van der Waals surface area contributed by atoms with Crippen LogP contribution < -0.4 is 63.9 Å². The van der Waals surface area contributed by atoms with Crippen molar-refractivity contribution in [3.8, 4) is 5.75 Å².